The number of esters is 1. The van der Waals surface area contributed by atoms with Crippen molar-refractivity contribution in [2.45, 2.75) is 48.2 Å². The van der Waals surface area contributed by atoms with E-state index in [1.807, 2.05) is 0 Å². The third-order valence-corrected chi connectivity index (χ3v) is 7.09. The maximum absolute atomic E-state index is 13.7. The van der Waals surface area contributed by atoms with Crippen molar-refractivity contribution in [2.75, 3.05) is 38.1 Å². The number of nitrogens with two attached hydrogens (primary N) is 1. The van der Waals surface area contributed by atoms with Crippen LogP contribution in [0.5, 0.6) is 0 Å². The van der Waals surface area contributed by atoms with Crippen molar-refractivity contribution in [3.63, 3.8) is 0 Å². The van der Waals surface area contributed by atoms with Crippen LogP contribution in [0.3, 0.4) is 0 Å². The highest BCUT2D eigenvalue weighted by Gasteiger charge is 2.34. The van der Waals surface area contributed by atoms with Crippen LogP contribution in [0.2, 0.25) is 0 Å². The van der Waals surface area contributed by atoms with E-state index < -0.39 is 17.7 Å². The molecule has 2 aliphatic heterocycles. The number of alkyl halides is 3. The zero-order chi connectivity index (χ0) is 23.6. The SMILES string of the molecule is CCOC(=O)c1cnc2c(c1)Sc1cc(C(F)(F)F)cc(NC3CCN(CCN)CC3)c1C2. The van der Waals surface area contributed by atoms with Gasteiger partial charge in [0.25, 0.3) is 0 Å². The van der Waals surface area contributed by atoms with E-state index in [1.165, 1.54) is 30.1 Å². The summed E-state index contributed by atoms with van der Waals surface area (Å²) >= 11 is 1.21. The summed E-state index contributed by atoms with van der Waals surface area (Å²) < 4.78 is 46.0. The fraction of sp³-hybridized carbons (Fsp3) is 0.478. The van der Waals surface area contributed by atoms with Gasteiger partial charge in [-0.05, 0) is 43.5 Å². The van der Waals surface area contributed by atoms with Gasteiger partial charge in [-0.15, -0.1) is 0 Å². The summed E-state index contributed by atoms with van der Waals surface area (Å²) in [5.74, 6) is -0.494. The Morgan fingerprint density at radius 2 is 2.03 bits per heavy atom. The number of halogens is 3. The van der Waals surface area contributed by atoms with Gasteiger partial charge in [-0.3, -0.25) is 4.98 Å². The molecule has 0 bridgehead atoms. The molecule has 0 radical (unpaired) electrons. The normalized spacial score (nSPS) is 16.8. The van der Waals surface area contributed by atoms with Crippen LogP contribution in [-0.2, 0) is 17.3 Å². The number of pyridine rings is 1. The summed E-state index contributed by atoms with van der Waals surface area (Å²) in [5, 5.41) is 3.39. The van der Waals surface area contributed by atoms with Gasteiger partial charge >= 0.3 is 12.1 Å². The number of likely N-dealkylation sites (tertiary alicyclic amines) is 1. The van der Waals surface area contributed by atoms with E-state index in [-0.39, 0.29) is 12.6 Å². The summed E-state index contributed by atoms with van der Waals surface area (Å²) in [6.45, 7) is 5.11. The Hall–Kier alpha value is -2.30. The van der Waals surface area contributed by atoms with Crippen molar-refractivity contribution >= 4 is 23.4 Å². The van der Waals surface area contributed by atoms with Crippen molar-refractivity contribution in [2.24, 2.45) is 5.73 Å². The quantitative estimate of drug-likeness (QED) is 0.513. The second kappa shape index (κ2) is 9.90. The van der Waals surface area contributed by atoms with E-state index in [9.17, 15) is 18.0 Å². The van der Waals surface area contributed by atoms with Gasteiger partial charge in [0.15, 0.2) is 0 Å². The van der Waals surface area contributed by atoms with Gasteiger partial charge in [0.1, 0.15) is 0 Å². The zero-order valence-electron chi connectivity index (χ0n) is 18.4. The van der Waals surface area contributed by atoms with Crippen molar-refractivity contribution in [3.8, 4) is 0 Å². The molecule has 3 N–H and O–H groups in total. The first kappa shape index (κ1) is 23.8. The number of carbonyl (C=O) groups is 1. The van der Waals surface area contributed by atoms with Crippen molar-refractivity contribution in [1.29, 1.82) is 0 Å². The van der Waals surface area contributed by atoms with Crippen LogP contribution < -0.4 is 11.1 Å². The Morgan fingerprint density at radius 3 is 2.70 bits per heavy atom. The van der Waals surface area contributed by atoms with Gasteiger partial charge < -0.3 is 20.7 Å². The van der Waals surface area contributed by atoms with Gasteiger partial charge in [-0.25, -0.2) is 4.79 Å². The number of carbonyl (C=O) groups excluding carboxylic acids is 1. The topological polar surface area (TPSA) is 80.5 Å². The lowest BCUT2D eigenvalue weighted by Gasteiger charge is -2.33. The first-order valence-electron chi connectivity index (χ1n) is 11.1. The number of hydrogen-bond acceptors (Lipinski definition) is 7. The summed E-state index contributed by atoms with van der Waals surface area (Å²) in [6, 6.07) is 4.14. The maximum atomic E-state index is 13.7. The van der Waals surface area contributed by atoms with E-state index >= 15 is 0 Å². The third kappa shape index (κ3) is 5.44. The minimum absolute atomic E-state index is 0.0946. The summed E-state index contributed by atoms with van der Waals surface area (Å²) in [5.41, 5.74) is 7.29. The number of ether oxygens (including phenoxy) is 1. The van der Waals surface area contributed by atoms with E-state index in [1.54, 1.807) is 13.0 Å². The highest BCUT2D eigenvalue weighted by Crippen LogP contribution is 2.45. The third-order valence-electron chi connectivity index (χ3n) is 5.93. The maximum Gasteiger partial charge on any atom is 0.416 e. The molecule has 0 unspecified atom stereocenters. The summed E-state index contributed by atoms with van der Waals surface area (Å²) in [6.07, 6.45) is -0.909. The number of piperidine rings is 1. The number of hydrogen-bond donors (Lipinski definition) is 2. The monoisotopic (exact) mass is 480 g/mol. The van der Waals surface area contributed by atoms with Gasteiger partial charge in [-0.2, -0.15) is 13.2 Å². The van der Waals surface area contributed by atoms with Crippen LogP contribution in [0.4, 0.5) is 18.9 Å². The zero-order valence-corrected chi connectivity index (χ0v) is 19.2. The molecule has 0 amide bonds. The average Bonchev–Trinajstić information content (AvgIpc) is 2.78. The summed E-state index contributed by atoms with van der Waals surface area (Å²) in [7, 11) is 0. The van der Waals surface area contributed by atoms with Gasteiger partial charge in [0, 0.05) is 60.3 Å². The molecule has 0 spiro atoms. The van der Waals surface area contributed by atoms with Crippen LogP contribution >= 0.6 is 11.8 Å². The number of benzene rings is 1. The Morgan fingerprint density at radius 1 is 1.27 bits per heavy atom. The molecule has 0 aliphatic carbocycles. The van der Waals surface area contributed by atoms with Crippen molar-refractivity contribution in [3.05, 3.63) is 46.8 Å². The van der Waals surface area contributed by atoms with Crippen molar-refractivity contribution in [1.82, 2.24) is 9.88 Å². The molecule has 1 saturated heterocycles. The lowest BCUT2D eigenvalue weighted by atomic mass is 9.99. The fourth-order valence-electron chi connectivity index (χ4n) is 4.22. The molecule has 33 heavy (non-hydrogen) atoms. The number of nitrogens with one attached hydrogen (secondary N) is 1. The molecule has 6 nitrogen and oxygen atoms in total. The van der Waals surface area contributed by atoms with E-state index in [4.69, 9.17) is 10.5 Å². The molecule has 2 aromatic rings. The predicted molar refractivity (Wildman–Crippen MR) is 121 cm³/mol. The first-order chi connectivity index (χ1) is 15.8. The first-order valence-corrected chi connectivity index (χ1v) is 11.9. The molecule has 0 saturated carbocycles. The fourth-order valence-corrected chi connectivity index (χ4v) is 5.38. The molecule has 3 heterocycles. The molecule has 1 aromatic carbocycles. The van der Waals surface area contributed by atoms with E-state index in [0.717, 1.165) is 43.7 Å². The van der Waals surface area contributed by atoms with Gasteiger partial charge in [-0.1, -0.05) is 11.8 Å². The Kier molecular flexibility index (Phi) is 7.16. The number of nitrogens with zero attached hydrogens (tertiary/aromatic N) is 2. The highest BCUT2D eigenvalue weighted by molar-refractivity contribution is 7.99. The molecule has 10 heteroatoms. The number of aromatic nitrogens is 1. The van der Waals surface area contributed by atoms with E-state index in [2.05, 4.69) is 15.2 Å². The van der Waals surface area contributed by atoms with Crippen LogP contribution in [0.1, 0.15) is 46.9 Å². The molecule has 0 atom stereocenters. The van der Waals surface area contributed by atoms with E-state index in [0.29, 0.717) is 34.0 Å². The average molecular weight is 481 g/mol. The standard InChI is InChI=1S/C23H27F3N4O2S/c1-2-32-22(31)14-9-21-19(28-13-14)12-17-18(10-15(23(24,25)26)11-20(17)33-21)29-16-3-6-30(7-4-16)8-5-27/h9-11,13,16,29H,2-8,12,27H2,1H3. The minimum atomic E-state index is -4.46. The van der Waals surface area contributed by atoms with Crippen LogP contribution in [-0.4, -0.2) is 54.7 Å². The van der Waals surface area contributed by atoms with Crippen LogP contribution in [0, 0.1) is 0 Å². The molecular formula is C23H27F3N4O2S. The molecule has 1 fully saturated rings. The van der Waals surface area contributed by atoms with Gasteiger partial charge in [0.2, 0.25) is 0 Å². The molecule has 1 aromatic heterocycles. The number of rotatable bonds is 6. The minimum Gasteiger partial charge on any atom is -0.462 e. The molecule has 2 aliphatic rings. The Labute approximate surface area is 195 Å². The van der Waals surface area contributed by atoms with Crippen LogP contribution in [0.25, 0.3) is 0 Å². The second-order valence-electron chi connectivity index (χ2n) is 8.22. The summed E-state index contributed by atoms with van der Waals surface area (Å²) in [4.78, 5) is 20.0. The van der Waals surface area contributed by atoms with Crippen LogP contribution in [0.15, 0.2) is 34.2 Å². The molecule has 4 rings (SSSR count). The van der Waals surface area contributed by atoms with Crippen molar-refractivity contribution < 1.29 is 22.7 Å². The molecule has 178 valence electrons. The lowest BCUT2D eigenvalue weighted by Crippen LogP contribution is -2.41. The molecular weight excluding hydrogens is 453 g/mol. The Balaban J connectivity index is 1.62. The smallest absolute Gasteiger partial charge is 0.416 e. The predicted octanol–water partition coefficient (Wildman–Crippen LogP) is 4.17. The largest absolute Gasteiger partial charge is 0.462 e. The lowest BCUT2D eigenvalue weighted by molar-refractivity contribution is -0.137. The van der Waals surface area contributed by atoms with Gasteiger partial charge in [0.05, 0.1) is 23.4 Å². The highest BCUT2D eigenvalue weighted by atomic mass is 32.2. The second-order valence-corrected chi connectivity index (χ2v) is 9.30. The number of anilines is 1. The Bertz CT molecular complexity index is 1020. The number of fused-ring (bicyclic) bond motifs is 2.